The lowest BCUT2D eigenvalue weighted by molar-refractivity contribution is -0.118. The Balaban J connectivity index is 2.06. The number of amides is 2. The van der Waals surface area contributed by atoms with E-state index in [1.165, 1.54) is 18.2 Å². The van der Waals surface area contributed by atoms with Crippen LogP contribution < -0.4 is 16.4 Å². The van der Waals surface area contributed by atoms with Crippen LogP contribution >= 0.6 is 0 Å². The van der Waals surface area contributed by atoms with Crippen LogP contribution in [0.5, 0.6) is 0 Å². The highest BCUT2D eigenvalue weighted by Crippen LogP contribution is 2.20. The summed E-state index contributed by atoms with van der Waals surface area (Å²) >= 11 is 0. The van der Waals surface area contributed by atoms with Gasteiger partial charge in [0.05, 0.1) is 18.2 Å². The van der Waals surface area contributed by atoms with Crippen LogP contribution in [-0.2, 0) is 16.0 Å². The minimum Gasteiger partial charge on any atom is -0.325 e. The largest absolute Gasteiger partial charge is 0.325 e. The fourth-order valence-electron chi connectivity index (χ4n) is 2.20. The number of nitrogens with one attached hydrogen (secondary N) is 2. The van der Waals surface area contributed by atoms with Gasteiger partial charge in [-0.1, -0.05) is 44.2 Å². The normalized spacial score (nSPS) is 11.9. The quantitative estimate of drug-likeness (QED) is 0.754. The third kappa shape index (κ3) is 5.39. The molecule has 0 aliphatic heterocycles. The number of carbonyl (C=O) groups excluding carboxylic acids is 2. The summed E-state index contributed by atoms with van der Waals surface area (Å²) in [6.45, 7) is 3.67. The van der Waals surface area contributed by atoms with Crippen molar-refractivity contribution in [1.82, 2.24) is 0 Å². The highest BCUT2D eigenvalue weighted by atomic mass is 19.1. The number of benzene rings is 2. The predicted octanol–water partition coefficient (Wildman–Crippen LogP) is 2.93. The molecule has 0 aromatic heterocycles. The number of hydrogen-bond acceptors (Lipinski definition) is 3. The van der Waals surface area contributed by atoms with Gasteiger partial charge in [-0.2, -0.15) is 0 Å². The third-order valence-electron chi connectivity index (χ3n) is 3.74. The van der Waals surface area contributed by atoms with Crippen molar-refractivity contribution in [1.29, 1.82) is 0 Å². The molecule has 2 rings (SSSR count). The Hall–Kier alpha value is -2.73. The number of anilines is 2. The molecular weight excluding hydrogens is 321 g/mol. The molecule has 5 nitrogen and oxygen atoms in total. The van der Waals surface area contributed by atoms with E-state index in [0.29, 0.717) is 5.69 Å². The van der Waals surface area contributed by atoms with Crippen LogP contribution in [0.25, 0.3) is 0 Å². The van der Waals surface area contributed by atoms with Gasteiger partial charge >= 0.3 is 0 Å². The Morgan fingerprint density at radius 1 is 1.08 bits per heavy atom. The zero-order valence-corrected chi connectivity index (χ0v) is 14.3. The summed E-state index contributed by atoms with van der Waals surface area (Å²) < 4.78 is 13.9. The van der Waals surface area contributed by atoms with E-state index in [0.717, 1.165) is 5.56 Å². The molecule has 0 bridgehead atoms. The molecule has 0 radical (unpaired) electrons. The Kier molecular flexibility index (Phi) is 6.25. The van der Waals surface area contributed by atoms with Crippen molar-refractivity contribution in [2.75, 3.05) is 10.6 Å². The zero-order chi connectivity index (χ0) is 18.4. The molecule has 0 unspecified atom stereocenters. The first-order valence-corrected chi connectivity index (χ1v) is 8.06. The molecule has 2 aromatic carbocycles. The first-order valence-electron chi connectivity index (χ1n) is 8.06. The van der Waals surface area contributed by atoms with Crippen molar-refractivity contribution < 1.29 is 14.0 Å². The lowest BCUT2D eigenvalue weighted by Crippen LogP contribution is -2.39. The van der Waals surface area contributed by atoms with Gasteiger partial charge in [0.15, 0.2) is 0 Å². The van der Waals surface area contributed by atoms with Crippen LogP contribution in [0.1, 0.15) is 19.4 Å². The standard InChI is InChI=1S/C19H22FN3O2/c1-12(2)18(21)19(25)22-14-8-9-15(20)16(11-14)23-17(24)10-13-6-4-3-5-7-13/h3-9,11-12,18H,10,21H2,1-2H3,(H,22,25)(H,23,24)/t18-/m0/s1. The van der Waals surface area contributed by atoms with Crippen molar-refractivity contribution in [2.24, 2.45) is 11.7 Å². The number of hydrogen-bond donors (Lipinski definition) is 3. The van der Waals surface area contributed by atoms with Gasteiger partial charge in [-0.15, -0.1) is 0 Å². The molecule has 132 valence electrons. The monoisotopic (exact) mass is 343 g/mol. The van der Waals surface area contributed by atoms with Gasteiger partial charge in [-0.3, -0.25) is 9.59 Å². The summed E-state index contributed by atoms with van der Waals surface area (Å²) in [5.41, 5.74) is 7.00. The van der Waals surface area contributed by atoms with Gasteiger partial charge in [0, 0.05) is 5.69 Å². The molecule has 0 saturated carbocycles. The van der Waals surface area contributed by atoms with Crippen molar-refractivity contribution in [3.63, 3.8) is 0 Å². The number of nitrogens with two attached hydrogens (primary N) is 1. The fraction of sp³-hybridized carbons (Fsp3) is 0.263. The van der Waals surface area contributed by atoms with Crippen LogP contribution in [0.2, 0.25) is 0 Å². The van der Waals surface area contributed by atoms with E-state index in [2.05, 4.69) is 10.6 Å². The minimum atomic E-state index is -0.666. The molecule has 1 atom stereocenters. The van der Waals surface area contributed by atoms with Gasteiger partial charge in [-0.25, -0.2) is 4.39 Å². The van der Waals surface area contributed by atoms with Crippen LogP contribution in [0.4, 0.5) is 15.8 Å². The lowest BCUT2D eigenvalue weighted by Gasteiger charge is -2.16. The molecule has 0 fully saturated rings. The van der Waals surface area contributed by atoms with Crippen LogP contribution in [0.3, 0.4) is 0 Å². The Labute approximate surface area is 146 Å². The Morgan fingerprint density at radius 2 is 1.76 bits per heavy atom. The average Bonchev–Trinajstić information content (AvgIpc) is 2.57. The van der Waals surface area contributed by atoms with E-state index in [1.807, 2.05) is 44.2 Å². The molecular formula is C19H22FN3O2. The van der Waals surface area contributed by atoms with Crippen molar-refractivity contribution in [3.8, 4) is 0 Å². The van der Waals surface area contributed by atoms with Crippen molar-refractivity contribution >= 4 is 23.2 Å². The zero-order valence-electron chi connectivity index (χ0n) is 14.3. The molecule has 0 aliphatic rings. The molecule has 0 spiro atoms. The summed E-state index contributed by atoms with van der Waals surface area (Å²) in [4.78, 5) is 24.1. The van der Waals surface area contributed by atoms with Crippen LogP contribution in [0, 0.1) is 11.7 Å². The van der Waals surface area contributed by atoms with E-state index in [4.69, 9.17) is 5.73 Å². The van der Waals surface area contributed by atoms with E-state index in [-0.39, 0.29) is 29.8 Å². The molecule has 0 saturated heterocycles. The molecule has 2 aromatic rings. The molecule has 4 N–H and O–H groups in total. The second-order valence-corrected chi connectivity index (χ2v) is 6.16. The minimum absolute atomic E-state index is 0.0110. The van der Waals surface area contributed by atoms with Crippen molar-refractivity contribution in [2.45, 2.75) is 26.3 Å². The van der Waals surface area contributed by atoms with Crippen LogP contribution in [0.15, 0.2) is 48.5 Å². The second kappa shape index (κ2) is 8.39. The van der Waals surface area contributed by atoms with Gasteiger partial charge < -0.3 is 16.4 Å². The molecule has 0 aliphatic carbocycles. The number of halogens is 1. The Bertz CT molecular complexity index is 748. The first kappa shape index (κ1) is 18.6. The number of rotatable bonds is 6. The predicted molar refractivity (Wildman–Crippen MR) is 96.6 cm³/mol. The maximum Gasteiger partial charge on any atom is 0.241 e. The summed E-state index contributed by atoms with van der Waals surface area (Å²) in [7, 11) is 0. The van der Waals surface area contributed by atoms with E-state index in [9.17, 15) is 14.0 Å². The summed E-state index contributed by atoms with van der Waals surface area (Å²) in [6.07, 6.45) is 0.134. The highest BCUT2D eigenvalue weighted by molar-refractivity contribution is 5.97. The summed E-state index contributed by atoms with van der Waals surface area (Å²) in [5.74, 6) is -1.30. The van der Waals surface area contributed by atoms with E-state index < -0.39 is 11.9 Å². The maximum absolute atomic E-state index is 13.9. The molecule has 25 heavy (non-hydrogen) atoms. The topological polar surface area (TPSA) is 84.2 Å². The Morgan fingerprint density at radius 3 is 2.40 bits per heavy atom. The maximum atomic E-state index is 13.9. The third-order valence-corrected chi connectivity index (χ3v) is 3.74. The smallest absolute Gasteiger partial charge is 0.241 e. The average molecular weight is 343 g/mol. The highest BCUT2D eigenvalue weighted by Gasteiger charge is 2.18. The van der Waals surface area contributed by atoms with E-state index in [1.54, 1.807) is 0 Å². The summed E-state index contributed by atoms with van der Waals surface area (Å²) in [6, 6.07) is 12.5. The molecule has 0 heterocycles. The van der Waals surface area contributed by atoms with Gasteiger partial charge in [0.2, 0.25) is 11.8 Å². The number of carbonyl (C=O) groups is 2. The second-order valence-electron chi connectivity index (χ2n) is 6.16. The fourth-order valence-corrected chi connectivity index (χ4v) is 2.20. The summed E-state index contributed by atoms with van der Waals surface area (Å²) in [5, 5.41) is 5.16. The molecule has 2 amide bonds. The lowest BCUT2D eigenvalue weighted by atomic mass is 10.0. The van der Waals surface area contributed by atoms with Gasteiger partial charge in [0.25, 0.3) is 0 Å². The van der Waals surface area contributed by atoms with Gasteiger partial charge in [-0.05, 0) is 29.7 Å². The van der Waals surface area contributed by atoms with Gasteiger partial charge in [0.1, 0.15) is 5.82 Å². The molecule has 6 heteroatoms. The first-order chi connectivity index (χ1) is 11.9. The van der Waals surface area contributed by atoms with E-state index >= 15 is 0 Å². The van der Waals surface area contributed by atoms with Crippen molar-refractivity contribution in [3.05, 3.63) is 59.9 Å². The van der Waals surface area contributed by atoms with Crippen LogP contribution in [-0.4, -0.2) is 17.9 Å². The SMILES string of the molecule is CC(C)[C@H](N)C(=O)Nc1ccc(F)c(NC(=O)Cc2ccccc2)c1.